The topological polar surface area (TPSA) is 61.2 Å². The number of hydrogen-bond acceptors (Lipinski definition) is 4. The molecule has 0 N–H and O–H groups in total. The third kappa shape index (κ3) is 3.05. The van der Waals surface area contributed by atoms with Crippen LogP contribution in [-0.4, -0.2) is 23.7 Å². The third-order valence-electron chi connectivity index (χ3n) is 3.52. The Labute approximate surface area is 145 Å². The van der Waals surface area contributed by atoms with Gasteiger partial charge in [0.2, 0.25) is 0 Å². The minimum absolute atomic E-state index is 0.0801. The molecule has 0 unspecified atom stereocenters. The third-order valence-corrected chi connectivity index (χ3v) is 4.78. The molecule has 0 saturated heterocycles. The molecule has 0 bridgehead atoms. The van der Waals surface area contributed by atoms with Crippen molar-refractivity contribution < 1.29 is 25.8 Å². The number of aromatic nitrogens is 2. The van der Waals surface area contributed by atoms with E-state index in [1.807, 2.05) is 0 Å². The predicted octanol–water partition coefficient (Wildman–Crippen LogP) is 4.12. The van der Waals surface area contributed by atoms with Crippen LogP contribution < -0.4 is 4.18 Å². The molecule has 0 radical (unpaired) electrons. The van der Waals surface area contributed by atoms with Crippen molar-refractivity contribution in [3.05, 3.63) is 47.6 Å². The Bertz CT molecular complexity index is 1060. The summed E-state index contributed by atoms with van der Waals surface area (Å²) in [6.45, 7) is 0. The van der Waals surface area contributed by atoms with Crippen LogP contribution in [0.25, 0.3) is 22.0 Å². The molecule has 3 rings (SSSR count). The summed E-state index contributed by atoms with van der Waals surface area (Å²) in [5.41, 5.74) is -5.13. The number of alkyl halides is 3. The van der Waals surface area contributed by atoms with Gasteiger partial charge >= 0.3 is 15.6 Å². The summed E-state index contributed by atoms with van der Waals surface area (Å²) >= 11 is 6.21. The van der Waals surface area contributed by atoms with Crippen LogP contribution in [0.15, 0.2) is 42.6 Å². The van der Waals surface area contributed by atoms with Crippen molar-refractivity contribution in [2.45, 2.75) is 5.51 Å². The fourth-order valence-electron chi connectivity index (χ4n) is 2.38. The molecular weight excluding hydrogens is 381 g/mol. The number of rotatable bonds is 3. The van der Waals surface area contributed by atoms with Gasteiger partial charge in [0.05, 0.1) is 5.69 Å². The van der Waals surface area contributed by atoms with Crippen LogP contribution in [0, 0.1) is 0 Å². The molecule has 0 atom stereocenters. The second kappa shape index (κ2) is 5.92. The molecule has 0 amide bonds. The number of fused-ring (bicyclic) bond motifs is 1. The fraction of sp³-hybridized carbons (Fsp3) is 0.133. The standard InChI is InChI=1S/C15H10ClF3N2O3S/c1-21-13(6-7-20-21)11-8-12(16)9-4-2-3-5-10(9)14(11)24-25(22,23)15(17,18)19/h2-8H,1H3. The van der Waals surface area contributed by atoms with E-state index in [-0.39, 0.29) is 16.0 Å². The largest absolute Gasteiger partial charge is 0.534 e. The Morgan fingerprint density at radius 2 is 1.80 bits per heavy atom. The van der Waals surface area contributed by atoms with Crippen molar-refractivity contribution in [1.82, 2.24) is 9.78 Å². The van der Waals surface area contributed by atoms with Gasteiger partial charge in [-0.25, -0.2) is 0 Å². The van der Waals surface area contributed by atoms with E-state index in [0.717, 1.165) is 0 Å². The maximum atomic E-state index is 12.8. The molecule has 0 fully saturated rings. The van der Waals surface area contributed by atoms with Crippen LogP contribution in [0.5, 0.6) is 5.75 Å². The summed E-state index contributed by atoms with van der Waals surface area (Å²) in [6.07, 6.45) is 1.42. The van der Waals surface area contributed by atoms with E-state index in [1.54, 1.807) is 25.2 Å². The van der Waals surface area contributed by atoms with Gasteiger partial charge in [-0.05, 0) is 12.1 Å². The van der Waals surface area contributed by atoms with Crippen LogP contribution in [0.1, 0.15) is 0 Å². The molecule has 5 nitrogen and oxygen atoms in total. The zero-order valence-corrected chi connectivity index (χ0v) is 14.2. The van der Waals surface area contributed by atoms with Crippen molar-refractivity contribution in [2.24, 2.45) is 7.05 Å². The van der Waals surface area contributed by atoms with Gasteiger partial charge in [0.1, 0.15) is 0 Å². The summed E-state index contributed by atoms with van der Waals surface area (Å²) in [4.78, 5) is 0. The van der Waals surface area contributed by atoms with Crippen LogP contribution in [0.3, 0.4) is 0 Å². The number of nitrogens with zero attached hydrogens (tertiary/aromatic N) is 2. The molecule has 0 aliphatic carbocycles. The Morgan fingerprint density at radius 1 is 1.16 bits per heavy atom. The SMILES string of the molecule is Cn1nccc1-c1cc(Cl)c2ccccc2c1OS(=O)(=O)C(F)(F)F. The minimum atomic E-state index is -5.85. The van der Waals surface area contributed by atoms with Gasteiger partial charge in [0, 0.05) is 34.6 Å². The average Bonchev–Trinajstić information content (AvgIpc) is 2.95. The predicted molar refractivity (Wildman–Crippen MR) is 86.8 cm³/mol. The monoisotopic (exact) mass is 390 g/mol. The maximum absolute atomic E-state index is 12.8. The first-order valence-electron chi connectivity index (χ1n) is 6.82. The van der Waals surface area contributed by atoms with Gasteiger partial charge in [-0.15, -0.1) is 0 Å². The highest BCUT2D eigenvalue weighted by Gasteiger charge is 2.49. The van der Waals surface area contributed by atoms with Crippen LogP contribution in [0.2, 0.25) is 5.02 Å². The highest BCUT2D eigenvalue weighted by atomic mass is 35.5. The molecule has 2 aromatic carbocycles. The molecule has 0 saturated carbocycles. The molecule has 25 heavy (non-hydrogen) atoms. The Hall–Kier alpha value is -2.26. The Balaban J connectivity index is 2.35. The first kappa shape index (κ1) is 17.6. The Kier molecular flexibility index (Phi) is 4.16. The molecule has 0 aliphatic rings. The Morgan fingerprint density at radius 3 is 2.36 bits per heavy atom. The van der Waals surface area contributed by atoms with Gasteiger partial charge in [-0.3, -0.25) is 4.68 Å². The van der Waals surface area contributed by atoms with E-state index >= 15 is 0 Å². The molecule has 3 aromatic rings. The van der Waals surface area contributed by atoms with Gasteiger partial charge in [-0.1, -0.05) is 35.9 Å². The van der Waals surface area contributed by atoms with Crippen LogP contribution in [0.4, 0.5) is 13.2 Å². The second-order valence-corrected chi connectivity index (χ2v) is 7.05. The summed E-state index contributed by atoms with van der Waals surface area (Å²) in [5.74, 6) is -0.457. The van der Waals surface area contributed by atoms with Gasteiger partial charge in [0.15, 0.2) is 5.75 Å². The smallest absolute Gasteiger partial charge is 0.375 e. The summed E-state index contributed by atoms with van der Waals surface area (Å²) in [5, 5.41) is 4.68. The maximum Gasteiger partial charge on any atom is 0.534 e. The van der Waals surface area contributed by atoms with Gasteiger partial charge in [-0.2, -0.15) is 26.7 Å². The molecule has 0 aliphatic heterocycles. The number of benzene rings is 2. The highest BCUT2D eigenvalue weighted by molar-refractivity contribution is 7.88. The second-order valence-electron chi connectivity index (χ2n) is 5.10. The summed E-state index contributed by atoms with van der Waals surface area (Å²) in [7, 11) is -4.30. The van der Waals surface area contributed by atoms with E-state index in [0.29, 0.717) is 11.1 Å². The van der Waals surface area contributed by atoms with Crippen molar-refractivity contribution in [3.8, 4) is 17.0 Å². The summed E-state index contributed by atoms with van der Waals surface area (Å²) < 4.78 is 67.4. The van der Waals surface area contributed by atoms with Crippen molar-refractivity contribution in [3.63, 3.8) is 0 Å². The van der Waals surface area contributed by atoms with Gasteiger partial charge in [0.25, 0.3) is 0 Å². The summed E-state index contributed by atoms with van der Waals surface area (Å²) in [6, 6.07) is 9.01. The normalized spacial score (nSPS) is 12.5. The van der Waals surface area contributed by atoms with Crippen molar-refractivity contribution >= 4 is 32.5 Å². The quantitative estimate of drug-likeness (QED) is 0.498. The molecule has 10 heteroatoms. The zero-order chi connectivity index (χ0) is 18.4. The first-order valence-corrected chi connectivity index (χ1v) is 8.61. The first-order chi connectivity index (χ1) is 11.6. The van der Waals surface area contributed by atoms with E-state index < -0.39 is 21.4 Å². The van der Waals surface area contributed by atoms with E-state index in [1.165, 1.54) is 29.1 Å². The van der Waals surface area contributed by atoms with E-state index in [4.69, 9.17) is 11.6 Å². The lowest BCUT2D eigenvalue weighted by Crippen LogP contribution is -2.28. The molecule has 1 aromatic heterocycles. The average molecular weight is 391 g/mol. The van der Waals surface area contributed by atoms with Crippen molar-refractivity contribution in [1.29, 1.82) is 0 Å². The highest BCUT2D eigenvalue weighted by Crippen LogP contribution is 2.42. The molecular formula is C15H10ClF3N2O3S. The number of halogens is 4. The minimum Gasteiger partial charge on any atom is -0.375 e. The van der Waals surface area contributed by atoms with E-state index in [9.17, 15) is 21.6 Å². The van der Waals surface area contributed by atoms with Crippen LogP contribution >= 0.6 is 11.6 Å². The zero-order valence-electron chi connectivity index (χ0n) is 12.6. The lowest BCUT2D eigenvalue weighted by molar-refractivity contribution is -0.0499. The van der Waals surface area contributed by atoms with E-state index in [2.05, 4.69) is 9.28 Å². The number of aryl methyl sites for hydroxylation is 1. The molecule has 132 valence electrons. The lowest BCUT2D eigenvalue weighted by Gasteiger charge is -2.16. The van der Waals surface area contributed by atoms with Gasteiger partial charge < -0.3 is 4.18 Å². The van der Waals surface area contributed by atoms with Crippen molar-refractivity contribution in [2.75, 3.05) is 0 Å². The lowest BCUT2D eigenvalue weighted by atomic mass is 10.0. The number of hydrogen-bond donors (Lipinski definition) is 0. The fourth-order valence-corrected chi connectivity index (χ4v) is 3.15. The van der Waals surface area contributed by atoms with Crippen LogP contribution in [-0.2, 0) is 17.2 Å². The molecule has 1 heterocycles. The molecule has 0 spiro atoms.